The largest absolute Gasteiger partial charge is 0.480 e. The van der Waals surface area contributed by atoms with Crippen LogP contribution in [0.3, 0.4) is 0 Å². The predicted molar refractivity (Wildman–Crippen MR) is 150 cm³/mol. The molecule has 0 aromatic heterocycles. The average molecular weight is 516 g/mol. The van der Waals surface area contributed by atoms with Crippen molar-refractivity contribution in [3.8, 4) is 0 Å². The topological polar surface area (TPSA) is 59.0 Å². The smallest absolute Gasteiger partial charge is 0.325 e. The van der Waals surface area contributed by atoms with Gasteiger partial charge in [-0.3, -0.25) is 4.79 Å². The Morgan fingerprint density at radius 2 is 1.21 bits per heavy atom. The molecule has 0 saturated carbocycles. The molecule has 1 unspecified atom stereocenters. The van der Waals surface area contributed by atoms with E-state index in [9.17, 15) is 9.90 Å². The number of rotatable bonds is 9. The molecule has 39 heavy (non-hydrogen) atoms. The molecule has 194 valence electrons. The first-order chi connectivity index (χ1) is 19.1. The van der Waals surface area contributed by atoms with Gasteiger partial charge in [-0.15, -0.1) is 0 Å². The second-order valence-corrected chi connectivity index (χ2v) is 9.77. The maximum Gasteiger partial charge on any atom is 0.325 e. The molecule has 0 radical (unpaired) electrons. The molecule has 1 atom stereocenters. The summed E-state index contributed by atoms with van der Waals surface area (Å²) in [6, 6.07) is 40.4. The van der Waals surface area contributed by atoms with Gasteiger partial charge in [-0.1, -0.05) is 115 Å². The van der Waals surface area contributed by atoms with E-state index in [0.717, 1.165) is 33.0 Å². The third-order valence-electron chi connectivity index (χ3n) is 7.25. The van der Waals surface area contributed by atoms with Crippen LogP contribution in [0.5, 0.6) is 0 Å². The van der Waals surface area contributed by atoms with Gasteiger partial charge >= 0.3 is 5.97 Å². The lowest BCUT2D eigenvalue weighted by Crippen LogP contribution is -2.49. The first-order valence-electron chi connectivity index (χ1n) is 13.1. The fourth-order valence-electron chi connectivity index (χ4n) is 5.38. The van der Waals surface area contributed by atoms with Crippen LogP contribution in [-0.4, -0.2) is 16.0 Å². The van der Waals surface area contributed by atoms with Crippen LogP contribution in [0.4, 0.5) is 0 Å². The zero-order valence-corrected chi connectivity index (χ0v) is 21.4. The van der Waals surface area contributed by atoms with Crippen LogP contribution in [0.25, 0.3) is 10.8 Å². The molecule has 0 fully saturated rings. The van der Waals surface area contributed by atoms with Crippen LogP contribution in [0.1, 0.15) is 33.9 Å². The van der Waals surface area contributed by atoms with Crippen LogP contribution in [0, 0.1) is 0 Å². The van der Waals surface area contributed by atoms with E-state index in [0.29, 0.717) is 12.1 Å². The highest BCUT2D eigenvalue weighted by molar-refractivity contribution is 5.85. The second kappa shape index (κ2) is 10.8. The third kappa shape index (κ3) is 4.95. The number of hydrogen-bond donors (Lipinski definition) is 1. The van der Waals surface area contributed by atoms with Crippen molar-refractivity contribution in [1.29, 1.82) is 0 Å². The molecule has 1 heterocycles. The summed E-state index contributed by atoms with van der Waals surface area (Å²) in [7, 11) is 0. The Labute approximate surface area is 227 Å². The molecule has 5 nitrogen and oxygen atoms in total. The normalized spacial score (nSPS) is 15.2. The summed E-state index contributed by atoms with van der Waals surface area (Å²) in [6.07, 6.45) is 0. The standard InChI is InChI=1S/C34H29NO4/c36-33(37)32(27-16-8-3-9-17-27)35-22-30-20-28-18-10-11-19-29(28)21-31(30)34(35,38-23-25-12-4-1-5-13-25)39-24-26-14-6-2-7-15-26/h1-21,32H,22-24H2,(H,36,37). The maximum atomic E-state index is 13.0. The van der Waals surface area contributed by atoms with Crippen molar-refractivity contribution < 1.29 is 19.4 Å². The van der Waals surface area contributed by atoms with Crippen LogP contribution in [-0.2, 0) is 39.9 Å². The molecule has 5 heteroatoms. The number of benzene rings is 5. The van der Waals surface area contributed by atoms with E-state index < -0.39 is 17.9 Å². The van der Waals surface area contributed by atoms with Crippen molar-refractivity contribution in [3.05, 3.63) is 155 Å². The highest BCUT2D eigenvalue weighted by Gasteiger charge is 2.53. The zero-order valence-electron chi connectivity index (χ0n) is 21.4. The summed E-state index contributed by atoms with van der Waals surface area (Å²) >= 11 is 0. The number of nitrogens with zero attached hydrogens (tertiary/aromatic N) is 1. The lowest BCUT2D eigenvalue weighted by Gasteiger charge is -2.41. The first kappa shape index (κ1) is 25.0. The minimum Gasteiger partial charge on any atom is -0.480 e. The third-order valence-corrected chi connectivity index (χ3v) is 7.25. The molecule has 0 saturated heterocycles. The Kier molecular flexibility index (Phi) is 6.95. The second-order valence-electron chi connectivity index (χ2n) is 9.77. The van der Waals surface area contributed by atoms with Crippen molar-refractivity contribution in [1.82, 2.24) is 4.90 Å². The van der Waals surface area contributed by atoms with E-state index in [1.54, 1.807) is 0 Å². The molecule has 0 aliphatic carbocycles. The maximum absolute atomic E-state index is 13.0. The molecule has 5 aromatic carbocycles. The Hall–Kier alpha value is -4.29. The highest BCUT2D eigenvalue weighted by Crippen LogP contribution is 2.48. The molecule has 1 aliphatic heterocycles. The minimum atomic E-state index is -1.44. The Morgan fingerprint density at radius 3 is 1.74 bits per heavy atom. The van der Waals surface area contributed by atoms with E-state index in [2.05, 4.69) is 24.3 Å². The van der Waals surface area contributed by atoms with Gasteiger partial charge in [-0.05, 0) is 45.2 Å². The van der Waals surface area contributed by atoms with Crippen molar-refractivity contribution >= 4 is 16.7 Å². The molecule has 0 amide bonds. The highest BCUT2D eigenvalue weighted by atomic mass is 16.7. The van der Waals surface area contributed by atoms with Crippen molar-refractivity contribution in [3.63, 3.8) is 0 Å². The lowest BCUT2D eigenvalue weighted by atomic mass is 10.0. The quantitative estimate of drug-likeness (QED) is 0.214. The van der Waals surface area contributed by atoms with E-state index in [1.165, 1.54) is 0 Å². The SMILES string of the molecule is O=C(O)C(c1ccccc1)N1Cc2cc3ccccc3cc2C1(OCc1ccccc1)OCc1ccccc1. The number of aliphatic carboxylic acids is 1. The Balaban J connectivity index is 1.52. The van der Waals surface area contributed by atoms with Crippen LogP contribution in [0.15, 0.2) is 127 Å². The van der Waals surface area contributed by atoms with Crippen molar-refractivity contribution in [2.24, 2.45) is 0 Å². The van der Waals surface area contributed by atoms with Crippen LogP contribution >= 0.6 is 0 Å². The Morgan fingerprint density at radius 1 is 0.718 bits per heavy atom. The molecule has 1 aliphatic rings. The van der Waals surface area contributed by atoms with E-state index in [1.807, 2.05) is 108 Å². The van der Waals surface area contributed by atoms with Gasteiger partial charge in [0.05, 0.1) is 13.2 Å². The van der Waals surface area contributed by atoms with E-state index >= 15 is 0 Å². The van der Waals surface area contributed by atoms with Gasteiger partial charge in [-0.25, -0.2) is 4.90 Å². The first-order valence-corrected chi connectivity index (χ1v) is 13.1. The van der Waals surface area contributed by atoms with Gasteiger partial charge in [0.2, 0.25) is 0 Å². The summed E-state index contributed by atoms with van der Waals surface area (Å²) in [5, 5.41) is 12.7. The molecule has 0 spiro atoms. The van der Waals surface area contributed by atoms with Gasteiger partial charge < -0.3 is 14.6 Å². The summed E-state index contributed by atoms with van der Waals surface area (Å²) in [4.78, 5) is 14.8. The monoisotopic (exact) mass is 515 g/mol. The fraction of sp³-hybridized carbons (Fsp3) is 0.147. The molecule has 0 bridgehead atoms. The van der Waals surface area contributed by atoms with Gasteiger partial charge in [0.1, 0.15) is 6.04 Å². The number of ether oxygens (including phenoxy) is 2. The average Bonchev–Trinajstić information content (AvgIpc) is 3.28. The number of hydrogen-bond acceptors (Lipinski definition) is 4. The summed E-state index contributed by atoms with van der Waals surface area (Å²) < 4.78 is 13.6. The fourth-order valence-corrected chi connectivity index (χ4v) is 5.38. The number of fused-ring (bicyclic) bond motifs is 2. The number of carboxylic acids is 1. The van der Waals surface area contributed by atoms with Gasteiger partial charge in [0, 0.05) is 12.1 Å². The van der Waals surface area contributed by atoms with E-state index in [-0.39, 0.29) is 13.2 Å². The molecule has 5 aromatic rings. The predicted octanol–water partition coefficient (Wildman–Crippen LogP) is 7.03. The van der Waals surface area contributed by atoms with Crippen LogP contribution < -0.4 is 0 Å². The summed E-state index contributed by atoms with van der Waals surface area (Å²) in [5.41, 5.74) is 4.42. The lowest BCUT2D eigenvalue weighted by molar-refractivity contribution is -0.343. The molecule has 6 rings (SSSR count). The van der Waals surface area contributed by atoms with Gasteiger partial charge in [-0.2, -0.15) is 0 Å². The molecule has 1 N–H and O–H groups in total. The number of carbonyl (C=O) groups is 1. The van der Waals surface area contributed by atoms with E-state index in [4.69, 9.17) is 9.47 Å². The summed E-state index contributed by atoms with van der Waals surface area (Å²) in [6.45, 7) is 0.856. The molecular weight excluding hydrogens is 486 g/mol. The van der Waals surface area contributed by atoms with Gasteiger partial charge in [0.15, 0.2) is 0 Å². The van der Waals surface area contributed by atoms with Crippen LogP contribution in [0.2, 0.25) is 0 Å². The van der Waals surface area contributed by atoms with Gasteiger partial charge in [0.25, 0.3) is 5.91 Å². The van der Waals surface area contributed by atoms with Crippen molar-refractivity contribution in [2.45, 2.75) is 31.7 Å². The minimum absolute atomic E-state index is 0.250. The molecular formula is C34H29NO4. The zero-order chi connectivity index (χ0) is 26.7. The Bertz CT molecular complexity index is 1530. The number of carboxylic acid groups (broad SMARTS) is 1. The van der Waals surface area contributed by atoms with Crippen molar-refractivity contribution in [2.75, 3.05) is 0 Å². The summed E-state index contributed by atoms with van der Waals surface area (Å²) in [5.74, 6) is -2.40.